The molecule has 0 saturated heterocycles. The Morgan fingerprint density at radius 3 is 2.44 bits per heavy atom. The lowest BCUT2D eigenvalue weighted by Gasteiger charge is -2.17. The van der Waals surface area contributed by atoms with Crippen LogP contribution in [0.15, 0.2) is 35.7 Å². The van der Waals surface area contributed by atoms with Crippen molar-refractivity contribution < 1.29 is 28.7 Å². The van der Waals surface area contributed by atoms with E-state index in [-0.39, 0.29) is 32.3 Å². The van der Waals surface area contributed by atoms with Crippen LogP contribution in [-0.2, 0) is 9.47 Å². The van der Waals surface area contributed by atoms with Gasteiger partial charge in [0.2, 0.25) is 6.54 Å². The van der Waals surface area contributed by atoms with Crippen molar-refractivity contribution in [2.45, 2.75) is 12.3 Å². The maximum Gasteiger partial charge on any atom is 0.211 e. The van der Waals surface area contributed by atoms with E-state index in [2.05, 4.69) is 0 Å². The summed E-state index contributed by atoms with van der Waals surface area (Å²) in [5, 5.41) is 12.9. The van der Waals surface area contributed by atoms with Crippen molar-refractivity contribution in [3.05, 3.63) is 56.3 Å². The van der Waals surface area contributed by atoms with Crippen LogP contribution in [0.4, 0.5) is 0 Å². The fourth-order valence-corrected chi connectivity index (χ4v) is 3.16. The Morgan fingerprint density at radius 2 is 1.85 bits per heavy atom. The van der Waals surface area contributed by atoms with Crippen LogP contribution < -0.4 is 9.47 Å². The zero-order valence-corrected chi connectivity index (χ0v) is 15.9. The quantitative estimate of drug-likeness (QED) is 0.235. The summed E-state index contributed by atoms with van der Waals surface area (Å²) in [5.74, 6) is 0.0669. The van der Waals surface area contributed by atoms with Crippen LogP contribution in [0.5, 0.6) is 11.5 Å². The molecule has 27 heavy (non-hydrogen) atoms. The Kier molecular flexibility index (Phi) is 8.18. The summed E-state index contributed by atoms with van der Waals surface area (Å²) in [5.41, 5.74) is 0.618. The summed E-state index contributed by atoms with van der Waals surface area (Å²) < 4.78 is 20.7. The van der Waals surface area contributed by atoms with Crippen molar-refractivity contribution in [3.8, 4) is 11.5 Å². The number of thiophene rings is 1. The summed E-state index contributed by atoms with van der Waals surface area (Å²) in [6.45, 7) is -0.349. The Balaban J connectivity index is 2.27. The van der Waals surface area contributed by atoms with Gasteiger partial charge >= 0.3 is 0 Å². The van der Waals surface area contributed by atoms with Crippen LogP contribution in [0.2, 0.25) is 0 Å². The highest BCUT2D eigenvalue weighted by Gasteiger charge is 2.24. The Labute approximate surface area is 160 Å². The van der Waals surface area contributed by atoms with Gasteiger partial charge in [-0.3, -0.25) is 14.9 Å². The molecule has 0 N–H and O–H groups in total. The topological polar surface area (TPSA) is 97.1 Å². The van der Waals surface area contributed by atoms with Gasteiger partial charge in [-0.2, -0.15) is 0 Å². The molecule has 0 aliphatic heterocycles. The zero-order valence-electron chi connectivity index (χ0n) is 15.1. The summed E-state index contributed by atoms with van der Waals surface area (Å²) in [6, 6.07) is 8.46. The first-order valence-corrected chi connectivity index (χ1v) is 8.99. The third-order valence-corrected chi connectivity index (χ3v) is 4.61. The molecule has 2 rings (SSSR count). The first-order valence-electron chi connectivity index (χ1n) is 8.11. The average Bonchev–Trinajstić information content (AvgIpc) is 3.19. The van der Waals surface area contributed by atoms with Crippen molar-refractivity contribution in [1.29, 1.82) is 0 Å². The van der Waals surface area contributed by atoms with Gasteiger partial charge in [-0.05, 0) is 29.1 Å². The van der Waals surface area contributed by atoms with E-state index in [0.717, 1.165) is 0 Å². The second-order valence-electron chi connectivity index (χ2n) is 5.62. The van der Waals surface area contributed by atoms with Gasteiger partial charge in [-0.15, -0.1) is 11.3 Å². The van der Waals surface area contributed by atoms with Gasteiger partial charge in [0, 0.05) is 25.6 Å². The minimum Gasteiger partial charge on any atom is -0.464 e. The molecule has 1 heterocycles. The molecule has 0 aliphatic carbocycles. The summed E-state index contributed by atoms with van der Waals surface area (Å²) >= 11 is 1.32. The van der Waals surface area contributed by atoms with Crippen LogP contribution in [0.1, 0.15) is 27.6 Å². The van der Waals surface area contributed by atoms with E-state index in [0.29, 0.717) is 21.9 Å². The van der Waals surface area contributed by atoms with Crippen molar-refractivity contribution in [1.82, 2.24) is 0 Å². The first kappa shape index (κ1) is 20.8. The van der Waals surface area contributed by atoms with Crippen molar-refractivity contribution in [2.75, 3.05) is 34.4 Å². The number of rotatable bonds is 12. The van der Waals surface area contributed by atoms with E-state index in [1.807, 2.05) is 0 Å². The molecular formula is C18H21NO7S. The molecule has 9 heteroatoms. The molecule has 1 unspecified atom stereocenters. The van der Waals surface area contributed by atoms with Gasteiger partial charge in [0.15, 0.2) is 30.9 Å². The number of ether oxygens (including phenoxy) is 4. The lowest BCUT2D eigenvalue weighted by molar-refractivity contribution is -0.483. The Bertz CT molecular complexity index is 748. The third-order valence-electron chi connectivity index (χ3n) is 3.70. The monoisotopic (exact) mass is 395 g/mol. The summed E-state index contributed by atoms with van der Waals surface area (Å²) in [4.78, 5) is 23.7. The van der Waals surface area contributed by atoms with Gasteiger partial charge in [0.05, 0.1) is 10.8 Å². The number of nitrogens with zero attached hydrogens (tertiary/aromatic N) is 1. The Morgan fingerprint density at radius 1 is 1.15 bits per heavy atom. The average molecular weight is 395 g/mol. The highest BCUT2D eigenvalue weighted by Crippen LogP contribution is 2.33. The second kappa shape index (κ2) is 10.6. The van der Waals surface area contributed by atoms with E-state index in [1.165, 1.54) is 25.6 Å². The predicted octanol–water partition coefficient (Wildman–Crippen LogP) is 3.35. The van der Waals surface area contributed by atoms with Crippen molar-refractivity contribution in [3.63, 3.8) is 0 Å². The summed E-state index contributed by atoms with van der Waals surface area (Å²) in [6.07, 6.45) is 0.0312. The second-order valence-corrected chi connectivity index (χ2v) is 6.57. The van der Waals surface area contributed by atoms with Crippen LogP contribution >= 0.6 is 11.3 Å². The molecule has 8 nitrogen and oxygen atoms in total. The number of hydrogen-bond acceptors (Lipinski definition) is 8. The molecule has 0 amide bonds. The molecule has 0 saturated carbocycles. The van der Waals surface area contributed by atoms with E-state index >= 15 is 0 Å². The number of nitro groups is 1. The molecule has 1 atom stereocenters. The molecule has 0 fully saturated rings. The number of methoxy groups -OCH3 is 2. The number of benzene rings is 1. The molecule has 0 bridgehead atoms. The fourth-order valence-electron chi connectivity index (χ4n) is 2.48. The maximum atomic E-state index is 12.4. The van der Waals surface area contributed by atoms with Crippen molar-refractivity contribution in [2.24, 2.45) is 0 Å². The normalized spacial score (nSPS) is 11.8. The summed E-state index contributed by atoms with van der Waals surface area (Å²) in [7, 11) is 2.97. The van der Waals surface area contributed by atoms with Crippen LogP contribution in [0, 0.1) is 10.1 Å². The van der Waals surface area contributed by atoms with E-state index in [1.54, 1.807) is 35.7 Å². The fraction of sp³-hybridized carbons (Fsp3) is 0.389. The van der Waals surface area contributed by atoms with Crippen LogP contribution in [0.25, 0.3) is 0 Å². The van der Waals surface area contributed by atoms with Crippen LogP contribution in [-0.4, -0.2) is 45.1 Å². The van der Waals surface area contributed by atoms with E-state index in [9.17, 15) is 14.9 Å². The van der Waals surface area contributed by atoms with Crippen LogP contribution in [0.3, 0.4) is 0 Å². The number of Topliss-reactive ketones (excluding diaryl/α,β-unsaturated/α-hetero) is 1. The first-order chi connectivity index (χ1) is 13.0. The van der Waals surface area contributed by atoms with E-state index in [4.69, 9.17) is 18.9 Å². The predicted molar refractivity (Wildman–Crippen MR) is 99.3 cm³/mol. The molecule has 0 radical (unpaired) electrons. The smallest absolute Gasteiger partial charge is 0.211 e. The number of carbonyl (C=O) groups is 1. The Hall–Kier alpha value is -2.49. The van der Waals surface area contributed by atoms with E-state index < -0.39 is 10.8 Å². The number of hydrogen-bond donors (Lipinski definition) is 0. The molecule has 0 aliphatic rings. The number of carbonyl (C=O) groups excluding carboxylic acids is 1. The zero-order chi connectivity index (χ0) is 19.6. The molecule has 146 valence electrons. The standard InChI is InChI=1S/C18H21NO7S/c1-23-11-25-16-6-5-13(9-17(16)26-12-24-2)14(10-19(21)22)8-15(20)18-4-3-7-27-18/h3-7,9,14H,8,10-12H2,1-2H3. The lowest BCUT2D eigenvalue weighted by Crippen LogP contribution is -2.16. The SMILES string of the molecule is COCOc1ccc(C(CC(=O)c2cccs2)C[N+](=O)[O-])cc1OCOC. The van der Waals surface area contributed by atoms with Crippen molar-refractivity contribution >= 4 is 17.1 Å². The molecule has 2 aromatic rings. The minimum absolute atomic E-state index is 0.0131. The van der Waals surface area contributed by atoms with Gasteiger partial charge in [0.1, 0.15) is 0 Å². The number of ketones is 1. The minimum atomic E-state index is -0.587. The van der Waals surface area contributed by atoms with Gasteiger partial charge < -0.3 is 18.9 Å². The van der Waals surface area contributed by atoms with Gasteiger partial charge in [-0.25, -0.2) is 0 Å². The highest BCUT2D eigenvalue weighted by atomic mass is 32.1. The molecule has 1 aromatic carbocycles. The molecular weight excluding hydrogens is 374 g/mol. The van der Waals surface area contributed by atoms with Gasteiger partial charge in [0.25, 0.3) is 0 Å². The largest absolute Gasteiger partial charge is 0.464 e. The third kappa shape index (κ3) is 6.31. The lowest BCUT2D eigenvalue weighted by atomic mass is 9.93. The molecule has 1 aromatic heterocycles. The van der Waals surface area contributed by atoms with Gasteiger partial charge in [-0.1, -0.05) is 12.1 Å². The molecule has 0 spiro atoms. The maximum absolute atomic E-state index is 12.4. The highest BCUT2D eigenvalue weighted by molar-refractivity contribution is 7.12.